The van der Waals surface area contributed by atoms with Crippen LogP contribution in [0.25, 0.3) is 0 Å². The molecule has 1 N–H and O–H groups in total. The van der Waals surface area contributed by atoms with Gasteiger partial charge in [-0.3, -0.25) is 4.98 Å². The van der Waals surface area contributed by atoms with Crippen LogP contribution in [0.1, 0.15) is 16.8 Å². The molecule has 0 fully saturated rings. The second-order valence-electron chi connectivity index (χ2n) is 5.88. The van der Waals surface area contributed by atoms with Gasteiger partial charge in [0.2, 0.25) is 0 Å². The lowest BCUT2D eigenvalue weighted by molar-refractivity contribution is 0.719. The number of pyridine rings is 1. The molecule has 3 heterocycles. The van der Waals surface area contributed by atoms with E-state index in [2.05, 4.69) is 49.4 Å². The SMILES string of the molecule is c1ccc(CNc2cc(N3CCc4ccccc4C3)ncn2)nc1. The first-order valence-electron chi connectivity index (χ1n) is 8.16. The van der Waals surface area contributed by atoms with Gasteiger partial charge in [-0.15, -0.1) is 0 Å². The number of aromatic nitrogens is 3. The maximum atomic E-state index is 4.45. The number of fused-ring (bicyclic) bond motifs is 1. The van der Waals surface area contributed by atoms with Gasteiger partial charge >= 0.3 is 0 Å². The average Bonchev–Trinajstić information content (AvgIpc) is 2.67. The highest BCUT2D eigenvalue weighted by molar-refractivity contribution is 5.50. The van der Waals surface area contributed by atoms with E-state index >= 15 is 0 Å². The summed E-state index contributed by atoms with van der Waals surface area (Å²) in [6.45, 7) is 2.53. The van der Waals surface area contributed by atoms with Crippen molar-refractivity contribution in [2.45, 2.75) is 19.5 Å². The van der Waals surface area contributed by atoms with Crippen LogP contribution in [0, 0.1) is 0 Å². The summed E-state index contributed by atoms with van der Waals surface area (Å²) in [6, 6.07) is 16.5. The van der Waals surface area contributed by atoms with Gasteiger partial charge in [-0.2, -0.15) is 0 Å². The first-order valence-corrected chi connectivity index (χ1v) is 8.16. The Morgan fingerprint density at radius 3 is 2.71 bits per heavy atom. The maximum absolute atomic E-state index is 4.45. The fourth-order valence-electron chi connectivity index (χ4n) is 2.99. The third-order valence-electron chi connectivity index (χ3n) is 4.28. The summed E-state index contributed by atoms with van der Waals surface area (Å²) in [4.78, 5) is 15.4. The molecule has 0 spiro atoms. The first-order chi connectivity index (χ1) is 11.9. The van der Waals surface area contributed by atoms with Crippen LogP contribution in [0.15, 0.2) is 61.1 Å². The van der Waals surface area contributed by atoms with Crippen LogP contribution in [-0.4, -0.2) is 21.5 Å². The van der Waals surface area contributed by atoms with Crippen LogP contribution < -0.4 is 10.2 Å². The van der Waals surface area contributed by atoms with Gasteiger partial charge < -0.3 is 10.2 Å². The monoisotopic (exact) mass is 317 g/mol. The van der Waals surface area contributed by atoms with Gasteiger partial charge in [0.15, 0.2) is 0 Å². The molecule has 5 heteroatoms. The lowest BCUT2D eigenvalue weighted by atomic mass is 10.00. The van der Waals surface area contributed by atoms with Gasteiger partial charge in [0.25, 0.3) is 0 Å². The summed E-state index contributed by atoms with van der Waals surface area (Å²) in [7, 11) is 0. The van der Waals surface area contributed by atoms with Crippen molar-refractivity contribution in [2.75, 3.05) is 16.8 Å². The lowest BCUT2D eigenvalue weighted by Gasteiger charge is -2.29. The molecule has 2 aromatic heterocycles. The van der Waals surface area contributed by atoms with Crippen molar-refractivity contribution in [1.29, 1.82) is 0 Å². The molecule has 0 amide bonds. The number of benzene rings is 1. The predicted octanol–water partition coefficient (Wildman–Crippen LogP) is 3.05. The summed E-state index contributed by atoms with van der Waals surface area (Å²) >= 11 is 0. The van der Waals surface area contributed by atoms with E-state index in [1.165, 1.54) is 11.1 Å². The molecule has 1 aromatic carbocycles. The number of hydrogen-bond acceptors (Lipinski definition) is 5. The third-order valence-corrected chi connectivity index (χ3v) is 4.28. The average molecular weight is 317 g/mol. The zero-order valence-corrected chi connectivity index (χ0v) is 13.4. The topological polar surface area (TPSA) is 53.9 Å². The molecular formula is C19H19N5. The van der Waals surface area contributed by atoms with E-state index in [1.54, 1.807) is 12.5 Å². The zero-order chi connectivity index (χ0) is 16.2. The van der Waals surface area contributed by atoms with Crippen molar-refractivity contribution in [2.24, 2.45) is 0 Å². The van der Waals surface area contributed by atoms with E-state index in [-0.39, 0.29) is 0 Å². The predicted molar refractivity (Wildman–Crippen MR) is 94.8 cm³/mol. The van der Waals surface area contributed by atoms with Crippen LogP contribution in [-0.2, 0) is 19.5 Å². The number of hydrogen-bond donors (Lipinski definition) is 1. The van der Waals surface area contributed by atoms with Crippen LogP contribution in [0.4, 0.5) is 11.6 Å². The third kappa shape index (κ3) is 3.20. The van der Waals surface area contributed by atoms with Crippen LogP contribution in [0.3, 0.4) is 0 Å². The Hall–Kier alpha value is -2.95. The van der Waals surface area contributed by atoms with Gasteiger partial charge in [0, 0.05) is 25.4 Å². The van der Waals surface area contributed by atoms with Crippen LogP contribution in [0.2, 0.25) is 0 Å². The second-order valence-corrected chi connectivity index (χ2v) is 5.88. The van der Waals surface area contributed by atoms with E-state index in [0.717, 1.165) is 36.8 Å². The highest BCUT2D eigenvalue weighted by Gasteiger charge is 2.17. The van der Waals surface area contributed by atoms with Gasteiger partial charge in [-0.25, -0.2) is 9.97 Å². The summed E-state index contributed by atoms with van der Waals surface area (Å²) in [5.74, 6) is 1.78. The Bertz CT molecular complexity index is 819. The molecule has 0 saturated heterocycles. The fraction of sp³-hybridized carbons (Fsp3) is 0.211. The Labute approximate surface area is 141 Å². The van der Waals surface area contributed by atoms with E-state index in [0.29, 0.717) is 6.54 Å². The molecule has 0 atom stereocenters. The minimum atomic E-state index is 0.653. The normalized spacial score (nSPS) is 13.4. The zero-order valence-electron chi connectivity index (χ0n) is 13.4. The molecule has 0 saturated carbocycles. The lowest BCUT2D eigenvalue weighted by Crippen LogP contribution is -2.31. The highest BCUT2D eigenvalue weighted by Crippen LogP contribution is 2.23. The van der Waals surface area contributed by atoms with Gasteiger partial charge in [0.1, 0.15) is 18.0 Å². The van der Waals surface area contributed by atoms with Crippen LogP contribution in [0.5, 0.6) is 0 Å². The number of rotatable bonds is 4. The summed E-state index contributed by atoms with van der Waals surface area (Å²) in [5.41, 5.74) is 3.81. The number of nitrogens with one attached hydrogen (secondary N) is 1. The Morgan fingerprint density at radius 2 is 1.83 bits per heavy atom. The molecule has 1 aliphatic heterocycles. The molecule has 5 nitrogen and oxygen atoms in total. The Balaban J connectivity index is 1.47. The number of anilines is 2. The highest BCUT2D eigenvalue weighted by atomic mass is 15.2. The van der Waals surface area contributed by atoms with E-state index in [9.17, 15) is 0 Å². The fourth-order valence-corrected chi connectivity index (χ4v) is 2.99. The van der Waals surface area contributed by atoms with Gasteiger partial charge in [0.05, 0.1) is 12.2 Å². The van der Waals surface area contributed by atoms with E-state index < -0.39 is 0 Å². The van der Waals surface area contributed by atoms with E-state index in [1.807, 2.05) is 24.3 Å². The molecular weight excluding hydrogens is 298 g/mol. The van der Waals surface area contributed by atoms with Crippen molar-refractivity contribution in [3.8, 4) is 0 Å². The summed E-state index contributed by atoms with van der Waals surface area (Å²) in [6.07, 6.45) is 4.47. The summed E-state index contributed by atoms with van der Waals surface area (Å²) < 4.78 is 0. The number of nitrogens with zero attached hydrogens (tertiary/aromatic N) is 4. The van der Waals surface area contributed by atoms with Gasteiger partial charge in [-0.1, -0.05) is 30.3 Å². The molecule has 24 heavy (non-hydrogen) atoms. The van der Waals surface area contributed by atoms with Crippen molar-refractivity contribution < 1.29 is 0 Å². The molecule has 120 valence electrons. The van der Waals surface area contributed by atoms with Crippen molar-refractivity contribution >= 4 is 11.6 Å². The first kappa shape index (κ1) is 14.6. The second kappa shape index (κ2) is 6.66. The molecule has 0 aliphatic carbocycles. The Kier molecular flexibility index (Phi) is 4.06. The minimum absolute atomic E-state index is 0.653. The van der Waals surface area contributed by atoms with Crippen LogP contribution >= 0.6 is 0 Å². The molecule has 0 bridgehead atoms. The Morgan fingerprint density at radius 1 is 0.958 bits per heavy atom. The smallest absolute Gasteiger partial charge is 0.134 e. The molecule has 4 rings (SSSR count). The molecule has 1 aliphatic rings. The van der Waals surface area contributed by atoms with E-state index in [4.69, 9.17) is 0 Å². The molecule has 0 radical (unpaired) electrons. The van der Waals surface area contributed by atoms with Crippen molar-refractivity contribution in [3.63, 3.8) is 0 Å². The molecule has 3 aromatic rings. The quantitative estimate of drug-likeness (QED) is 0.801. The maximum Gasteiger partial charge on any atom is 0.134 e. The standard InChI is InChI=1S/C19H19N5/c1-2-6-16-13-24(10-8-15(16)5-1)19-11-18(22-14-23-19)21-12-17-7-3-4-9-20-17/h1-7,9,11,14H,8,10,12-13H2,(H,21,22,23). The van der Waals surface area contributed by atoms with Crippen molar-refractivity contribution in [3.05, 3.63) is 77.9 Å². The van der Waals surface area contributed by atoms with Gasteiger partial charge in [-0.05, 0) is 29.7 Å². The minimum Gasteiger partial charge on any atom is -0.364 e. The summed E-state index contributed by atoms with van der Waals surface area (Å²) in [5, 5.41) is 3.32. The molecule has 0 unspecified atom stereocenters. The van der Waals surface area contributed by atoms with Crippen molar-refractivity contribution in [1.82, 2.24) is 15.0 Å². The largest absolute Gasteiger partial charge is 0.364 e.